The molecule has 0 saturated carbocycles. The van der Waals surface area contributed by atoms with Crippen LogP contribution in [0.3, 0.4) is 0 Å². The van der Waals surface area contributed by atoms with Gasteiger partial charge in [0.2, 0.25) is 0 Å². The summed E-state index contributed by atoms with van der Waals surface area (Å²) in [5, 5.41) is 23.7. The Bertz CT molecular complexity index is 487. The molecule has 0 spiro atoms. The number of hydrogen-bond acceptors (Lipinski definition) is 5. The Labute approximate surface area is 125 Å². The van der Waals surface area contributed by atoms with E-state index in [0.29, 0.717) is 13.0 Å². The largest absolute Gasteiger partial charge is 0.490 e. The summed E-state index contributed by atoms with van der Waals surface area (Å²) in [5.41, 5.74) is 0.766. The molecule has 0 radical (unpaired) electrons. The van der Waals surface area contributed by atoms with E-state index in [0.717, 1.165) is 12.1 Å². The van der Waals surface area contributed by atoms with Crippen molar-refractivity contribution in [2.75, 3.05) is 13.7 Å². The van der Waals surface area contributed by atoms with Gasteiger partial charge in [-0.15, -0.1) is 0 Å². The van der Waals surface area contributed by atoms with Gasteiger partial charge >= 0.3 is 5.69 Å². The highest BCUT2D eigenvalue weighted by atomic mass is 16.6. The average Bonchev–Trinajstić information content (AvgIpc) is 2.36. The Balaban J connectivity index is 2.64. The van der Waals surface area contributed by atoms with Crippen molar-refractivity contribution in [3.8, 4) is 5.75 Å². The van der Waals surface area contributed by atoms with Crippen LogP contribution in [0.5, 0.6) is 5.75 Å². The Morgan fingerprint density at radius 3 is 2.67 bits per heavy atom. The SMILES string of the molecule is COc1ccc(CNCC(C)(C)CC(C)O)cc1[N+](=O)[O-]. The van der Waals surface area contributed by atoms with Crippen molar-refractivity contribution in [1.82, 2.24) is 5.32 Å². The first-order chi connectivity index (χ1) is 9.75. The lowest BCUT2D eigenvalue weighted by molar-refractivity contribution is -0.385. The molecule has 6 heteroatoms. The van der Waals surface area contributed by atoms with Crippen molar-refractivity contribution in [1.29, 1.82) is 0 Å². The molecule has 0 aliphatic carbocycles. The Kier molecular flexibility index (Phi) is 6.11. The van der Waals surface area contributed by atoms with Crippen LogP contribution in [0, 0.1) is 15.5 Å². The van der Waals surface area contributed by atoms with Crippen LogP contribution in [0.4, 0.5) is 5.69 Å². The summed E-state index contributed by atoms with van der Waals surface area (Å²) in [6.45, 7) is 7.17. The van der Waals surface area contributed by atoms with E-state index in [1.807, 2.05) is 0 Å². The summed E-state index contributed by atoms with van der Waals surface area (Å²) >= 11 is 0. The number of ether oxygens (including phenoxy) is 1. The van der Waals surface area contributed by atoms with Gasteiger partial charge in [-0.2, -0.15) is 0 Å². The number of aliphatic hydroxyl groups is 1. The van der Waals surface area contributed by atoms with E-state index >= 15 is 0 Å². The molecular formula is C15H24N2O4. The van der Waals surface area contributed by atoms with Crippen molar-refractivity contribution in [3.05, 3.63) is 33.9 Å². The van der Waals surface area contributed by atoms with E-state index < -0.39 is 4.92 Å². The van der Waals surface area contributed by atoms with Crippen molar-refractivity contribution < 1.29 is 14.8 Å². The maximum Gasteiger partial charge on any atom is 0.311 e. The molecule has 1 aromatic rings. The molecule has 0 fully saturated rings. The number of nitro benzene ring substituents is 1. The van der Waals surface area contributed by atoms with Crippen LogP contribution >= 0.6 is 0 Å². The third kappa shape index (κ3) is 5.69. The lowest BCUT2D eigenvalue weighted by Crippen LogP contribution is -2.31. The number of nitrogens with one attached hydrogen (secondary N) is 1. The molecule has 1 rings (SSSR count). The predicted octanol–water partition coefficient (Wildman–Crippen LogP) is 2.49. The van der Waals surface area contributed by atoms with E-state index in [4.69, 9.17) is 4.74 Å². The minimum atomic E-state index is -0.445. The lowest BCUT2D eigenvalue weighted by Gasteiger charge is -2.26. The van der Waals surface area contributed by atoms with Crippen LogP contribution in [0.1, 0.15) is 32.8 Å². The normalized spacial score (nSPS) is 13.0. The van der Waals surface area contributed by atoms with Crippen molar-refractivity contribution >= 4 is 5.69 Å². The van der Waals surface area contributed by atoms with Gasteiger partial charge in [0.25, 0.3) is 0 Å². The summed E-state index contributed by atoms with van der Waals surface area (Å²) in [4.78, 5) is 10.5. The first-order valence-corrected chi connectivity index (χ1v) is 6.95. The zero-order chi connectivity index (χ0) is 16.0. The van der Waals surface area contributed by atoms with Crippen molar-refractivity contribution in [3.63, 3.8) is 0 Å². The molecule has 1 unspecified atom stereocenters. The molecule has 2 N–H and O–H groups in total. The standard InChI is InChI=1S/C15H24N2O4/c1-11(18)8-15(2,3)10-16-9-12-5-6-14(21-4)13(7-12)17(19)20/h5-7,11,16,18H,8-10H2,1-4H3. The van der Waals surface area contributed by atoms with Crippen LogP contribution in [0.2, 0.25) is 0 Å². The first-order valence-electron chi connectivity index (χ1n) is 6.95. The minimum absolute atomic E-state index is 0.0277. The molecule has 0 aliphatic rings. The zero-order valence-electron chi connectivity index (χ0n) is 13.0. The smallest absolute Gasteiger partial charge is 0.311 e. The van der Waals surface area contributed by atoms with Gasteiger partial charge in [0.15, 0.2) is 5.75 Å². The highest BCUT2D eigenvalue weighted by molar-refractivity contribution is 5.48. The molecule has 0 bridgehead atoms. The fourth-order valence-electron chi connectivity index (χ4n) is 2.41. The fourth-order valence-corrected chi connectivity index (χ4v) is 2.41. The number of nitrogens with zero attached hydrogens (tertiary/aromatic N) is 1. The molecule has 1 aromatic carbocycles. The van der Waals surface area contributed by atoms with Crippen LogP contribution in [-0.2, 0) is 6.54 Å². The van der Waals surface area contributed by atoms with Gasteiger partial charge in [0.1, 0.15) is 0 Å². The van der Waals surface area contributed by atoms with Gasteiger partial charge < -0.3 is 15.2 Å². The van der Waals surface area contributed by atoms with E-state index in [1.54, 1.807) is 19.1 Å². The van der Waals surface area contributed by atoms with Crippen LogP contribution in [-0.4, -0.2) is 29.8 Å². The van der Waals surface area contributed by atoms with Gasteiger partial charge in [0, 0.05) is 19.2 Å². The third-order valence-corrected chi connectivity index (χ3v) is 3.22. The average molecular weight is 296 g/mol. The quantitative estimate of drug-likeness (QED) is 0.568. The number of nitro groups is 1. The maximum absolute atomic E-state index is 11.0. The topological polar surface area (TPSA) is 84.6 Å². The zero-order valence-corrected chi connectivity index (χ0v) is 13.0. The molecular weight excluding hydrogens is 272 g/mol. The fraction of sp³-hybridized carbons (Fsp3) is 0.600. The van der Waals surface area contributed by atoms with Crippen LogP contribution < -0.4 is 10.1 Å². The van der Waals surface area contributed by atoms with Crippen molar-refractivity contribution in [2.45, 2.75) is 39.8 Å². The molecule has 0 aromatic heterocycles. The lowest BCUT2D eigenvalue weighted by atomic mass is 9.87. The maximum atomic E-state index is 11.0. The summed E-state index contributed by atoms with van der Waals surface area (Å²) in [6.07, 6.45) is 0.354. The second-order valence-corrected chi connectivity index (χ2v) is 6.08. The molecule has 6 nitrogen and oxygen atoms in total. The summed E-state index contributed by atoms with van der Waals surface area (Å²) in [5.74, 6) is 0.262. The Hall–Kier alpha value is -1.66. The van der Waals surface area contributed by atoms with E-state index in [9.17, 15) is 15.2 Å². The monoisotopic (exact) mass is 296 g/mol. The molecule has 1 atom stereocenters. The van der Waals surface area contributed by atoms with E-state index in [1.165, 1.54) is 13.2 Å². The Morgan fingerprint density at radius 1 is 1.48 bits per heavy atom. The minimum Gasteiger partial charge on any atom is -0.490 e. The first kappa shape index (κ1) is 17.4. The summed E-state index contributed by atoms with van der Waals surface area (Å²) < 4.78 is 4.97. The summed E-state index contributed by atoms with van der Waals surface area (Å²) in [7, 11) is 1.42. The van der Waals surface area contributed by atoms with Crippen LogP contribution in [0.25, 0.3) is 0 Å². The highest BCUT2D eigenvalue weighted by Gasteiger charge is 2.20. The van der Waals surface area contributed by atoms with E-state index in [2.05, 4.69) is 19.2 Å². The number of hydrogen-bond donors (Lipinski definition) is 2. The number of aliphatic hydroxyl groups excluding tert-OH is 1. The Morgan fingerprint density at radius 2 is 2.14 bits per heavy atom. The van der Waals surface area contributed by atoms with Gasteiger partial charge in [-0.05, 0) is 30.4 Å². The molecule has 0 saturated heterocycles. The van der Waals surface area contributed by atoms with Crippen molar-refractivity contribution in [2.24, 2.45) is 5.41 Å². The summed E-state index contributed by atoms with van der Waals surface area (Å²) in [6, 6.07) is 4.93. The van der Waals surface area contributed by atoms with Gasteiger partial charge in [0.05, 0.1) is 18.1 Å². The predicted molar refractivity (Wildman–Crippen MR) is 81.4 cm³/mol. The van der Waals surface area contributed by atoms with Gasteiger partial charge in [-0.3, -0.25) is 10.1 Å². The number of methoxy groups -OCH3 is 1. The molecule has 0 heterocycles. The molecule has 118 valence electrons. The number of benzene rings is 1. The molecule has 21 heavy (non-hydrogen) atoms. The van der Waals surface area contributed by atoms with Gasteiger partial charge in [-0.1, -0.05) is 19.9 Å². The highest BCUT2D eigenvalue weighted by Crippen LogP contribution is 2.27. The van der Waals surface area contributed by atoms with Crippen LogP contribution in [0.15, 0.2) is 18.2 Å². The van der Waals surface area contributed by atoms with E-state index in [-0.39, 0.29) is 23.0 Å². The van der Waals surface area contributed by atoms with Gasteiger partial charge in [-0.25, -0.2) is 0 Å². The molecule has 0 aliphatic heterocycles. The molecule has 0 amide bonds. The second kappa shape index (κ2) is 7.38. The third-order valence-electron chi connectivity index (χ3n) is 3.22. The number of rotatable bonds is 8. The second-order valence-electron chi connectivity index (χ2n) is 6.08.